The number of anilines is 1. The Morgan fingerprint density at radius 3 is 2.54 bits per heavy atom. The molecule has 278 valence electrons. The second kappa shape index (κ2) is 21.0. The van der Waals surface area contributed by atoms with E-state index in [1.54, 1.807) is 18.4 Å². The number of fused-ring (bicyclic) bond motifs is 1. The van der Waals surface area contributed by atoms with Gasteiger partial charge in [-0.05, 0) is 110 Å². The van der Waals surface area contributed by atoms with Crippen LogP contribution in [-0.2, 0) is 30.2 Å². The topological polar surface area (TPSA) is 82.5 Å². The molecule has 0 atom stereocenters. The quantitative estimate of drug-likeness (QED) is 0.0211. The molecule has 0 spiro atoms. The zero-order chi connectivity index (χ0) is 36.5. The van der Waals surface area contributed by atoms with Crippen LogP contribution in [0.3, 0.4) is 0 Å². The molecular weight excluding hydrogens is 671 g/mol. The van der Waals surface area contributed by atoms with Gasteiger partial charge in [-0.25, -0.2) is 14.8 Å². The molecule has 4 aromatic rings. The number of nitrogens with zero attached hydrogens (tertiary/aromatic N) is 3. The van der Waals surface area contributed by atoms with E-state index in [-0.39, 0.29) is 12.7 Å². The van der Waals surface area contributed by atoms with Crippen molar-refractivity contribution >= 4 is 38.9 Å². The Hall–Kier alpha value is -3.89. The number of para-hydroxylation sites is 1. The van der Waals surface area contributed by atoms with E-state index in [0.29, 0.717) is 31.8 Å². The van der Waals surface area contributed by atoms with E-state index in [1.165, 1.54) is 28.3 Å². The summed E-state index contributed by atoms with van der Waals surface area (Å²) in [5.41, 5.74) is 8.48. The molecule has 3 aromatic carbocycles. The van der Waals surface area contributed by atoms with E-state index in [2.05, 4.69) is 62.9 Å². The summed E-state index contributed by atoms with van der Waals surface area (Å²) < 4.78 is 23.5. The first-order valence-corrected chi connectivity index (χ1v) is 19.7. The second-order valence-electron chi connectivity index (χ2n) is 13.5. The number of carbonyl (C=O) groups is 1. The van der Waals surface area contributed by atoms with Crippen LogP contribution >= 0.6 is 11.3 Å². The van der Waals surface area contributed by atoms with Gasteiger partial charge in [0, 0.05) is 25.4 Å². The van der Waals surface area contributed by atoms with Gasteiger partial charge in [-0.15, -0.1) is 0 Å². The van der Waals surface area contributed by atoms with Crippen LogP contribution in [0.4, 0.5) is 5.13 Å². The first-order chi connectivity index (χ1) is 25.5. The van der Waals surface area contributed by atoms with Crippen LogP contribution in [0.2, 0.25) is 0 Å². The van der Waals surface area contributed by atoms with E-state index in [1.807, 2.05) is 29.4 Å². The number of aromatic nitrogens is 1. The molecule has 0 radical (unpaired) electrons. The Bertz CT molecular complexity index is 1710. The van der Waals surface area contributed by atoms with Gasteiger partial charge in [0.15, 0.2) is 0 Å². The van der Waals surface area contributed by atoms with Crippen molar-refractivity contribution in [3.05, 3.63) is 95.6 Å². The lowest BCUT2D eigenvalue weighted by molar-refractivity contribution is -0.137. The molecule has 1 aliphatic rings. The van der Waals surface area contributed by atoms with Crippen LogP contribution in [0.1, 0.15) is 92.9 Å². The first kappa shape index (κ1) is 39.3. The van der Waals surface area contributed by atoms with E-state index < -0.39 is 0 Å². The van der Waals surface area contributed by atoms with Crippen molar-refractivity contribution in [2.75, 3.05) is 45.3 Å². The summed E-state index contributed by atoms with van der Waals surface area (Å²) in [5, 5.41) is 7.61. The third kappa shape index (κ3) is 11.6. The molecule has 1 aromatic heterocycles. The SMILES string of the molecule is C=CC(=O)OCCCCCCOC1CCC(c2ccc(-c3ccc(CCC)cc3/C=N/N(COCCOC)c3nc4ccccc4s3)cc2C)CC1. The predicted octanol–water partition coefficient (Wildman–Crippen LogP) is 10.0. The smallest absolute Gasteiger partial charge is 0.330 e. The second-order valence-corrected chi connectivity index (χ2v) is 14.5. The number of hydrogen-bond acceptors (Lipinski definition) is 9. The Kier molecular flexibility index (Phi) is 15.9. The minimum absolute atomic E-state index is 0.279. The number of aryl methyl sites for hydroxylation is 2. The van der Waals surface area contributed by atoms with E-state index in [0.717, 1.165) is 97.3 Å². The van der Waals surface area contributed by atoms with Gasteiger partial charge in [0.1, 0.15) is 6.73 Å². The maximum absolute atomic E-state index is 11.1. The summed E-state index contributed by atoms with van der Waals surface area (Å²) in [6.45, 7) is 10.4. The van der Waals surface area contributed by atoms with Crippen LogP contribution in [0.25, 0.3) is 21.3 Å². The van der Waals surface area contributed by atoms with Crippen LogP contribution in [0.5, 0.6) is 0 Å². The van der Waals surface area contributed by atoms with Gasteiger partial charge in [0.25, 0.3) is 0 Å². The minimum Gasteiger partial charge on any atom is -0.463 e. The molecule has 0 amide bonds. The van der Waals surface area contributed by atoms with Gasteiger partial charge in [0.05, 0.1) is 42.4 Å². The predicted molar refractivity (Wildman–Crippen MR) is 214 cm³/mol. The average Bonchev–Trinajstić information content (AvgIpc) is 3.60. The highest BCUT2D eigenvalue weighted by Gasteiger charge is 2.24. The first-order valence-electron chi connectivity index (χ1n) is 18.9. The lowest BCUT2D eigenvalue weighted by Crippen LogP contribution is -2.22. The Morgan fingerprint density at radius 1 is 0.981 bits per heavy atom. The summed E-state index contributed by atoms with van der Waals surface area (Å²) in [6, 6.07) is 21.9. The molecular formula is C43H55N3O5S. The van der Waals surface area contributed by atoms with Gasteiger partial charge in [-0.3, -0.25) is 0 Å². The van der Waals surface area contributed by atoms with Gasteiger partial charge in [-0.1, -0.05) is 80.1 Å². The van der Waals surface area contributed by atoms with Crippen molar-refractivity contribution in [3.8, 4) is 11.1 Å². The Balaban J connectivity index is 1.22. The molecule has 0 saturated heterocycles. The fourth-order valence-corrected chi connectivity index (χ4v) is 7.75. The van der Waals surface area contributed by atoms with Crippen LogP contribution in [-0.4, -0.2) is 63.5 Å². The third-order valence-electron chi connectivity index (χ3n) is 9.64. The summed E-state index contributed by atoms with van der Waals surface area (Å²) in [4.78, 5) is 16.0. The van der Waals surface area contributed by atoms with Crippen molar-refractivity contribution < 1.29 is 23.7 Å². The average molecular weight is 726 g/mol. The van der Waals surface area contributed by atoms with Crippen LogP contribution in [0.15, 0.2) is 78.4 Å². The number of carbonyl (C=O) groups excluding carboxylic acids is 1. The van der Waals surface area contributed by atoms with Gasteiger partial charge in [0.2, 0.25) is 5.13 Å². The molecule has 0 N–H and O–H groups in total. The number of hydrogen-bond donors (Lipinski definition) is 0. The monoisotopic (exact) mass is 725 g/mol. The summed E-state index contributed by atoms with van der Waals surface area (Å²) >= 11 is 1.61. The highest BCUT2D eigenvalue weighted by atomic mass is 32.1. The van der Waals surface area contributed by atoms with E-state index in [4.69, 9.17) is 29.0 Å². The molecule has 1 aliphatic carbocycles. The van der Waals surface area contributed by atoms with Crippen LogP contribution in [0, 0.1) is 6.92 Å². The zero-order valence-corrected chi connectivity index (χ0v) is 32.0. The third-order valence-corrected chi connectivity index (χ3v) is 10.7. The molecule has 52 heavy (non-hydrogen) atoms. The van der Waals surface area contributed by atoms with E-state index >= 15 is 0 Å². The van der Waals surface area contributed by atoms with Crippen LogP contribution < -0.4 is 5.01 Å². The van der Waals surface area contributed by atoms with Gasteiger partial charge >= 0.3 is 5.97 Å². The molecule has 1 fully saturated rings. The van der Waals surface area contributed by atoms with Crippen molar-refractivity contribution in [1.29, 1.82) is 0 Å². The maximum Gasteiger partial charge on any atom is 0.330 e. The lowest BCUT2D eigenvalue weighted by Gasteiger charge is -2.30. The van der Waals surface area contributed by atoms with Gasteiger partial charge in [-0.2, -0.15) is 5.10 Å². The summed E-state index contributed by atoms with van der Waals surface area (Å²) in [5.74, 6) is 0.211. The fourth-order valence-electron chi connectivity index (χ4n) is 6.84. The number of ether oxygens (including phenoxy) is 4. The van der Waals surface area contributed by atoms with Crippen molar-refractivity contribution in [3.63, 3.8) is 0 Å². The maximum atomic E-state index is 11.1. The van der Waals surface area contributed by atoms with Crippen molar-refractivity contribution in [1.82, 2.24) is 4.98 Å². The van der Waals surface area contributed by atoms with Gasteiger partial charge < -0.3 is 18.9 Å². The molecule has 0 aliphatic heterocycles. The van der Waals surface area contributed by atoms with E-state index in [9.17, 15) is 4.79 Å². The standard InChI is InChI=1S/C43H55N3O5S/c1-5-13-33-16-22-39(36(29-33)30-44-46(31-49-27-26-48-4)43-45-40-14-9-10-15-41(40)52-43)35-19-23-38(32(3)28-35)34-17-20-37(21-18-34)50-24-11-7-8-12-25-51-42(47)6-2/h6,9-10,14-16,19,22-23,28-30,34,37H,2,5,7-8,11-13,17-18,20-21,24-27,31H2,1,3-4H3/b44-30+. The number of thiazole rings is 1. The normalized spacial score (nSPS) is 16.1. The molecule has 1 saturated carbocycles. The molecule has 0 bridgehead atoms. The Labute approximate surface area is 313 Å². The molecule has 1 heterocycles. The lowest BCUT2D eigenvalue weighted by atomic mass is 9.80. The number of methoxy groups -OCH3 is 1. The number of esters is 1. The zero-order valence-electron chi connectivity index (χ0n) is 31.2. The number of rotatable bonds is 21. The molecule has 5 rings (SSSR count). The summed E-state index contributed by atoms with van der Waals surface area (Å²) in [7, 11) is 1.68. The Morgan fingerprint density at radius 2 is 1.79 bits per heavy atom. The molecule has 9 heteroatoms. The highest BCUT2D eigenvalue weighted by Crippen LogP contribution is 2.37. The fraction of sp³-hybridized carbons (Fsp3) is 0.465. The van der Waals surface area contributed by atoms with Crippen molar-refractivity contribution in [2.45, 2.75) is 90.1 Å². The number of benzene rings is 3. The number of unbranched alkanes of at least 4 members (excludes halogenated alkanes) is 3. The minimum atomic E-state index is -0.345. The molecule has 8 nitrogen and oxygen atoms in total. The highest BCUT2D eigenvalue weighted by molar-refractivity contribution is 7.22. The summed E-state index contributed by atoms with van der Waals surface area (Å²) in [6.07, 6.45) is 14.2. The number of hydrazone groups is 1. The van der Waals surface area contributed by atoms with Crippen molar-refractivity contribution in [2.24, 2.45) is 5.10 Å². The molecule has 0 unspecified atom stereocenters. The largest absolute Gasteiger partial charge is 0.463 e.